The largest absolute Gasteiger partial charge is 0.486 e. The van der Waals surface area contributed by atoms with Crippen LogP contribution in [0.25, 0.3) is 27.5 Å². The van der Waals surface area contributed by atoms with Crippen molar-refractivity contribution >= 4 is 33.9 Å². The maximum Gasteiger partial charge on any atom is 0.410 e. The SMILES string of the molecule is COC(=O)C(C)Oc1c(OC2CCN(C(=O)OC(C)(C)C)CC2)cc2c(nc(C)n2-c2ccc(C#N)c3ccccc23)c1C. The van der Waals surface area contributed by atoms with Crippen LogP contribution in [0.4, 0.5) is 4.79 Å². The number of likely N-dealkylation sites (tertiary alicyclic amines) is 1. The van der Waals surface area contributed by atoms with Crippen LogP contribution in [0.5, 0.6) is 11.5 Å². The molecule has 1 saturated heterocycles. The minimum absolute atomic E-state index is 0.200. The number of benzene rings is 3. The van der Waals surface area contributed by atoms with Gasteiger partial charge >= 0.3 is 12.1 Å². The Bertz CT molecular complexity index is 1770. The van der Waals surface area contributed by atoms with Crippen molar-refractivity contribution < 1.29 is 28.5 Å². The van der Waals surface area contributed by atoms with E-state index in [1.54, 1.807) is 11.8 Å². The molecule has 0 bridgehead atoms. The Kier molecular flexibility index (Phi) is 8.42. The molecule has 1 atom stereocenters. The van der Waals surface area contributed by atoms with E-state index in [0.717, 1.165) is 33.4 Å². The van der Waals surface area contributed by atoms with Crippen LogP contribution < -0.4 is 9.47 Å². The minimum Gasteiger partial charge on any atom is -0.486 e. The third kappa shape index (κ3) is 6.00. The van der Waals surface area contributed by atoms with Gasteiger partial charge in [-0.3, -0.25) is 4.57 Å². The highest BCUT2D eigenvalue weighted by molar-refractivity contribution is 5.97. The normalized spacial score (nSPS) is 14.7. The number of piperidine rings is 1. The van der Waals surface area contributed by atoms with Gasteiger partial charge in [0.1, 0.15) is 17.5 Å². The summed E-state index contributed by atoms with van der Waals surface area (Å²) in [5.41, 5.74) is 3.13. The van der Waals surface area contributed by atoms with Crippen molar-refractivity contribution in [3.63, 3.8) is 0 Å². The molecule has 2 heterocycles. The number of carbonyl (C=O) groups is 2. The zero-order valence-electron chi connectivity index (χ0n) is 26.3. The summed E-state index contributed by atoms with van der Waals surface area (Å²) in [7, 11) is 1.32. The molecular formula is C34H38N4O6. The van der Waals surface area contributed by atoms with Crippen molar-refractivity contribution in [3.05, 3.63) is 59.4 Å². The van der Waals surface area contributed by atoms with Crippen molar-refractivity contribution in [3.8, 4) is 23.3 Å². The standard InChI is InChI=1S/C34H38N4O6/c1-20-30-28(38(22(3)36-30)27-13-12-23(19-35)25-10-8-9-11-26(25)27)18-29(31(20)42-21(2)32(39)41-7)43-24-14-16-37(17-15-24)33(40)44-34(4,5)6/h8-13,18,21,24H,14-17H2,1-7H3. The molecule has 1 aromatic heterocycles. The van der Waals surface area contributed by atoms with Gasteiger partial charge in [0.15, 0.2) is 17.6 Å². The maximum atomic E-state index is 12.6. The van der Waals surface area contributed by atoms with E-state index in [0.29, 0.717) is 48.5 Å². The van der Waals surface area contributed by atoms with Crippen LogP contribution >= 0.6 is 0 Å². The minimum atomic E-state index is -0.877. The van der Waals surface area contributed by atoms with Crippen LogP contribution in [0, 0.1) is 25.2 Å². The number of esters is 1. The topological polar surface area (TPSA) is 116 Å². The van der Waals surface area contributed by atoms with Crippen LogP contribution in [-0.2, 0) is 14.3 Å². The van der Waals surface area contributed by atoms with Crippen LogP contribution in [0.1, 0.15) is 57.5 Å². The second-order valence-electron chi connectivity index (χ2n) is 12.0. The Hall–Kier alpha value is -4.78. The van der Waals surface area contributed by atoms with E-state index in [1.165, 1.54) is 7.11 Å². The fraction of sp³-hybridized carbons (Fsp3) is 0.412. The lowest BCUT2D eigenvalue weighted by atomic mass is 10.0. The van der Waals surface area contributed by atoms with E-state index >= 15 is 0 Å². The molecule has 5 rings (SSSR count). The van der Waals surface area contributed by atoms with E-state index in [-0.39, 0.29) is 12.2 Å². The molecule has 10 nitrogen and oxygen atoms in total. The van der Waals surface area contributed by atoms with Crippen molar-refractivity contribution in [2.45, 2.75) is 72.2 Å². The molecule has 1 amide bonds. The van der Waals surface area contributed by atoms with Crippen LogP contribution in [0.15, 0.2) is 42.5 Å². The first kappa shape index (κ1) is 30.7. The predicted molar refractivity (Wildman–Crippen MR) is 166 cm³/mol. The van der Waals surface area contributed by atoms with Crippen LogP contribution in [-0.4, -0.2) is 64.5 Å². The molecular weight excluding hydrogens is 560 g/mol. The number of carbonyl (C=O) groups excluding carboxylic acids is 2. The van der Waals surface area contributed by atoms with Crippen LogP contribution in [0.2, 0.25) is 0 Å². The average Bonchev–Trinajstić information content (AvgIpc) is 3.32. The summed E-state index contributed by atoms with van der Waals surface area (Å²) in [6.45, 7) is 12.0. The number of methoxy groups -OCH3 is 1. The molecule has 4 aromatic rings. The Morgan fingerprint density at radius 2 is 1.75 bits per heavy atom. The van der Waals surface area contributed by atoms with Crippen molar-refractivity contribution in [1.29, 1.82) is 5.26 Å². The molecule has 230 valence electrons. The third-order valence-electron chi connectivity index (χ3n) is 7.75. The smallest absolute Gasteiger partial charge is 0.410 e. The second kappa shape index (κ2) is 12.1. The number of rotatable bonds is 6. The van der Waals surface area contributed by atoms with Gasteiger partial charge in [0.2, 0.25) is 0 Å². The summed E-state index contributed by atoms with van der Waals surface area (Å²) >= 11 is 0. The summed E-state index contributed by atoms with van der Waals surface area (Å²) in [6.07, 6.45) is -0.215. The number of hydrogen-bond donors (Lipinski definition) is 0. The molecule has 1 aliphatic heterocycles. The van der Waals surface area contributed by atoms with E-state index in [4.69, 9.17) is 23.9 Å². The van der Waals surface area contributed by atoms with Gasteiger partial charge in [0, 0.05) is 48.3 Å². The Morgan fingerprint density at radius 3 is 2.39 bits per heavy atom. The van der Waals surface area contributed by atoms with E-state index in [2.05, 4.69) is 10.6 Å². The molecule has 44 heavy (non-hydrogen) atoms. The zero-order chi connectivity index (χ0) is 31.8. The maximum absolute atomic E-state index is 12.6. The molecule has 0 radical (unpaired) electrons. The lowest BCUT2D eigenvalue weighted by molar-refractivity contribution is -0.148. The van der Waals surface area contributed by atoms with Crippen LogP contribution in [0.3, 0.4) is 0 Å². The molecule has 1 fully saturated rings. The van der Waals surface area contributed by atoms with E-state index in [1.807, 2.05) is 77.1 Å². The summed E-state index contributed by atoms with van der Waals surface area (Å²) in [5, 5.41) is 11.5. The monoisotopic (exact) mass is 598 g/mol. The van der Waals surface area contributed by atoms with Gasteiger partial charge < -0.3 is 23.8 Å². The number of aryl methyl sites for hydroxylation is 2. The Labute approximate surface area is 257 Å². The van der Waals surface area contributed by atoms with Gasteiger partial charge in [-0.05, 0) is 53.7 Å². The molecule has 1 unspecified atom stereocenters. The zero-order valence-corrected chi connectivity index (χ0v) is 26.3. The fourth-order valence-corrected chi connectivity index (χ4v) is 5.61. The second-order valence-corrected chi connectivity index (χ2v) is 12.0. The lowest BCUT2D eigenvalue weighted by Crippen LogP contribution is -2.44. The summed E-state index contributed by atoms with van der Waals surface area (Å²) in [5.74, 6) is 1.12. The molecule has 10 heteroatoms. The highest BCUT2D eigenvalue weighted by Crippen LogP contribution is 2.41. The third-order valence-corrected chi connectivity index (χ3v) is 7.75. The molecule has 0 saturated carbocycles. The first-order valence-electron chi connectivity index (χ1n) is 14.8. The molecule has 3 aromatic carbocycles. The first-order valence-corrected chi connectivity index (χ1v) is 14.8. The van der Waals surface area contributed by atoms with Gasteiger partial charge in [-0.1, -0.05) is 24.3 Å². The van der Waals surface area contributed by atoms with Gasteiger partial charge in [-0.25, -0.2) is 14.6 Å². The number of ether oxygens (including phenoxy) is 4. The fourth-order valence-electron chi connectivity index (χ4n) is 5.61. The van der Waals surface area contributed by atoms with Crippen molar-refractivity contribution in [2.24, 2.45) is 0 Å². The average molecular weight is 599 g/mol. The summed E-state index contributed by atoms with van der Waals surface area (Å²) < 4.78 is 25.3. The number of nitriles is 1. The molecule has 0 spiro atoms. The van der Waals surface area contributed by atoms with Gasteiger partial charge in [-0.15, -0.1) is 0 Å². The van der Waals surface area contributed by atoms with Crippen molar-refractivity contribution in [1.82, 2.24) is 14.5 Å². The quantitative estimate of drug-likeness (QED) is 0.235. The van der Waals surface area contributed by atoms with Gasteiger partial charge in [0.25, 0.3) is 0 Å². The van der Waals surface area contributed by atoms with Gasteiger partial charge in [0.05, 0.1) is 35.5 Å². The van der Waals surface area contributed by atoms with E-state index in [9.17, 15) is 14.9 Å². The number of hydrogen-bond acceptors (Lipinski definition) is 8. The lowest BCUT2D eigenvalue weighted by Gasteiger charge is -2.34. The predicted octanol–water partition coefficient (Wildman–Crippen LogP) is 6.39. The first-order chi connectivity index (χ1) is 20.9. The molecule has 0 N–H and O–H groups in total. The number of amides is 1. The van der Waals surface area contributed by atoms with Crippen molar-refractivity contribution in [2.75, 3.05) is 20.2 Å². The number of nitrogens with zero attached hydrogens (tertiary/aromatic N) is 4. The molecule has 1 aliphatic rings. The highest BCUT2D eigenvalue weighted by Gasteiger charge is 2.30. The van der Waals surface area contributed by atoms with E-state index < -0.39 is 17.7 Å². The Morgan fingerprint density at radius 1 is 1.07 bits per heavy atom. The number of fused-ring (bicyclic) bond motifs is 2. The van der Waals surface area contributed by atoms with Gasteiger partial charge in [-0.2, -0.15) is 5.26 Å². The summed E-state index contributed by atoms with van der Waals surface area (Å²) in [4.78, 5) is 31.6. The number of aromatic nitrogens is 2. The highest BCUT2D eigenvalue weighted by atomic mass is 16.6. The molecule has 0 aliphatic carbocycles. The summed E-state index contributed by atoms with van der Waals surface area (Å²) in [6, 6.07) is 15.7. The number of imidazole rings is 1. The Balaban J connectivity index is 1.57.